The number of amides is 2. The Bertz CT molecular complexity index is 207. The van der Waals surface area contributed by atoms with Gasteiger partial charge in [0.2, 0.25) is 0 Å². The summed E-state index contributed by atoms with van der Waals surface area (Å²) in [5.41, 5.74) is 0. The average Bonchev–Trinajstić information content (AvgIpc) is 2.12. The number of carboxylic acid groups (broad SMARTS) is 1. The summed E-state index contributed by atoms with van der Waals surface area (Å²) in [6, 6.07) is -0.748. The van der Waals surface area contributed by atoms with Gasteiger partial charge in [0.15, 0.2) is 0 Å². The van der Waals surface area contributed by atoms with Crippen molar-refractivity contribution in [3.63, 3.8) is 0 Å². The second-order valence-corrected chi connectivity index (χ2v) is 2.59. The maximum Gasteiger partial charge on any atom is 0.407 e. The molecule has 0 saturated carbocycles. The lowest BCUT2D eigenvalue weighted by atomic mass is 10.3. The highest BCUT2D eigenvalue weighted by molar-refractivity contribution is 5.83. The Morgan fingerprint density at radius 3 is 2.15 bits per heavy atom. The second kappa shape index (κ2) is 4.66. The van der Waals surface area contributed by atoms with Crippen LogP contribution in [-0.2, 0) is 9.63 Å². The lowest BCUT2D eigenvalue weighted by Crippen LogP contribution is -2.45. The molecule has 0 aromatic heterocycles. The third-order valence-electron chi connectivity index (χ3n) is 1.82. The van der Waals surface area contributed by atoms with Crippen LogP contribution >= 0.6 is 0 Å². The number of hydroxylamine groups is 2. The van der Waals surface area contributed by atoms with E-state index in [4.69, 9.17) is 5.11 Å². The van der Waals surface area contributed by atoms with E-state index in [-0.39, 0.29) is 0 Å². The maximum atomic E-state index is 11.3. The van der Waals surface area contributed by atoms with E-state index in [0.717, 1.165) is 9.96 Å². The molecule has 6 heteroatoms. The summed E-state index contributed by atoms with van der Waals surface area (Å²) in [5, 5.41) is 9.56. The predicted octanol–water partition coefficient (Wildman–Crippen LogP) is 0.00450. The van der Waals surface area contributed by atoms with E-state index in [1.807, 2.05) is 0 Å². The fourth-order valence-corrected chi connectivity index (χ4v) is 0.684. The van der Waals surface area contributed by atoms with E-state index in [2.05, 4.69) is 4.84 Å². The molecule has 0 bridgehead atoms. The first-order valence-electron chi connectivity index (χ1n) is 3.69. The second-order valence-electron chi connectivity index (χ2n) is 2.59. The lowest BCUT2D eigenvalue weighted by molar-refractivity contribution is -0.172. The van der Waals surface area contributed by atoms with E-state index in [0.29, 0.717) is 0 Å². The minimum atomic E-state index is -1.15. The number of hydrogen-bond acceptors (Lipinski definition) is 3. The van der Waals surface area contributed by atoms with Crippen molar-refractivity contribution < 1.29 is 19.5 Å². The molecule has 0 fully saturated rings. The van der Waals surface area contributed by atoms with Crippen molar-refractivity contribution in [2.24, 2.45) is 0 Å². The predicted molar refractivity (Wildman–Crippen MR) is 45.0 cm³/mol. The zero-order valence-corrected chi connectivity index (χ0v) is 8.14. The molecular weight excluding hydrogens is 176 g/mol. The first-order valence-corrected chi connectivity index (χ1v) is 3.69. The molecule has 0 unspecified atom stereocenters. The van der Waals surface area contributed by atoms with Gasteiger partial charge in [-0.3, -0.25) is 14.5 Å². The van der Waals surface area contributed by atoms with E-state index >= 15 is 0 Å². The van der Waals surface area contributed by atoms with Gasteiger partial charge >= 0.3 is 6.09 Å². The Balaban J connectivity index is 4.33. The molecular formula is C7H14N2O4. The highest BCUT2D eigenvalue weighted by atomic mass is 16.7. The quantitative estimate of drug-likeness (QED) is 0.636. The summed E-state index contributed by atoms with van der Waals surface area (Å²) in [4.78, 5) is 27.3. The summed E-state index contributed by atoms with van der Waals surface area (Å²) in [6.07, 6.45) is -1.15. The number of hydrogen-bond donors (Lipinski definition) is 1. The van der Waals surface area contributed by atoms with Crippen molar-refractivity contribution in [3.05, 3.63) is 0 Å². The van der Waals surface area contributed by atoms with Gasteiger partial charge in [-0.2, -0.15) is 0 Å². The zero-order valence-electron chi connectivity index (χ0n) is 8.14. The van der Waals surface area contributed by atoms with Crippen LogP contribution in [0.1, 0.15) is 6.92 Å². The topological polar surface area (TPSA) is 70.1 Å². The highest BCUT2D eigenvalue weighted by Gasteiger charge is 2.24. The van der Waals surface area contributed by atoms with Crippen LogP contribution in [0.3, 0.4) is 0 Å². The minimum Gasteiger partial charge on any atom is -0.465 e. The van der Waals surface area contributed by atoms with Gasteiger partial charge in [0.05, 0.1) is 7.11 Å². The van der Waals surface area contributed by atoms with Gasteiger partial charge in [0.25, 0.3) is 5.91 Å². The molecule has 0 aliphatic carbocycles. The molecule has 0 rings (SSSR count). The van der Waals surface area contributed by atoms with Gasteiger partial charge < -0.3 is 5.11 Å². The Hall–Kier alpha value is -1.30. The summed E-state index contributed by atoms with van der Waals surface area (Å²) < 4.78 is 0. The standard InChI is InChI=1S/C7H14N2O4/c1-5(8(2)7(11)12)6(10)9(3)13-4/h5H,1-4H3,(H,11,12)/t5-/m1/s1. The Labute approximate surface area is 76.6 Å². The molecule has 0 spiro atoms. The summed E-state index contributed by atoms with van der Waals surface area (Å²) >= 11 is 0. The van der Waals surface area contributed by atoms with E-state index < -0.39 is 18.0 Å². The molecule has 6 nitrogen and oxygen atoms in total. The molecule has 2 amide bonds. The Kier molecular flexibility index (Phi) is 4.19. The minimum absolute atomic E-state index is 0.410. The van der Waals surface area contributed by atoms with Crippen LogP contribution in [0, 0.1) is 0 Å². The molecule has 0 heterocycles. The summed E-state index contributed by atoms with van der Waals surface area (Å²) in [5.74, 6) is -0.410. The number of rotatable bonds is 3. The highest BCUT2D eigenvalue weighted by Crippen LogP contribution is 2.00. The third-order valence-corrected chi connectivity index (χ3v) is 1.82. The maximum absolute atomic E-state index is 11.3. The SMILES string of the molecule is CON(C)C(=O)[C@@H](C)N(C)C(=O)O. The van der Waals surface area contributed by atoms with Crippen LogP contribution in [0.2, 0.25) is 0 Å². The molecule has 13 heavy (non-hydrogen) atoms. The van der Waals surface area contributed by atoms with Gasteiger partial charge in [-0.25, -0.2) is 9.86 Å². The van der Waals surface area contributed by atoms with Gasteiger partial charge in [-0.05, 0) is 6.92 Å². The van der Waals surface area contributed by atoms with Crippen molar-refractivity contribution in [3.8, 4) is 0 Å². The third kappa shape index (κ3) is 2.90. The normalized spacial score (nSPS) is 12.0. The van der Waals surface area contributed by atoms with Crippen molar-refractivity contribution in [2.75, 3.05) is 21.2 Å². The molecule has 0 aliphatic rings. The van der Waals surface area contributed by atoms with Crippen LogP contribution < -0.4 is 0 Å². The molecule has 0 saturated heterocycles. The van der Waals surface area contributed by atoms with Crippen LogP contribution in [-0.4, -0.2) is 54.3 Å². The van der Waals surface area contributed by atoms with Crippen molar-refractivity contribution in [2.45, 2.75) is 13.0 Å². The average molecular weight is 190 g/mol. The molecule has 0 aromatic carbocycles. The van der Waals surface area contributed by atoms with Crippen LogP contribution in [0.5, 0.6) is 0 Å². The Morgan fingerprint density at radius 2 is 1.85 bits per heavy atom. The van der Waals surface area contributed by atoms with E-state index in [9.17, 15) is 9.59 Å². The summed E-state index contributed by atoms with van der Waals surface area (Å²) in [7, 11) is 4.09. The smallest absolute Gasteiger partial charge is 0.407 e. The number of nitrogens with zero attached hydrogens (tertiary/aromatic N) is 2. The van der Waals surface area contributed by atoms with Gasteiger partial charge in [0, 0.05) is 14.1 Å². The van der Waals surface area contributed by atoms with Crippen molar-refractivity contribution in [1.29, 1.82) is 0 Å². The summed E-state index contributed by atoms with van der Waals surface area (Å²) in [6.45, 7) is 1.49. The molecule has 76 valence electrons. The van der Waals surface area contributed by atoms with Gasteiger partial charge in [-0.15, -0.1) is 0 Å². The number of carbonyl (C=O) groups is 2. The van der Waals surface area contributed by atoms with Crippen LogP contribution in [0.15, 0.2) is 0 Å². The monoisotopic (exact) mass is 190 g/mol. The van der Waals surface area contributed by atoms with Crippen molar-refractivity contribution in [1.82, 2.24) is 9.96 Å². The fraction of sp³-hybridized carbons (Fsp3) is 0.714. The molecule has 0 radical (unpaired) electrons. The lowest BCUT2D eigenvalue weighted by Gasteiger charge is -2.24. The first kappa shape index (κ1) is 11.7. The van der Waals surface area contributed by atoms with Crippen LogP contribution in [0.4, 0.5) is 4.79 Å². The first-order chi connectivity index (χ1) is 5.91. The molecule has 1 atom stereocenters. The van der Waals surface area contributed by atoms with Crippen molar-refractivity contribution >= 4 is 12.0 Å². The largest absolute Gasteiger partial charge is 0.465 e. The number of likely N-dealkylation sites (N-methyl/N-ethyl adjacent to an activating group) is 2. The van der Waals surface area contributed by atoms with Gasteiger partial charge in [-0.1, -0.05) is 0 Å². The molecule has 0 aliphatic heterocycles. The molecule has 0 aromatic rings. The number of carbonyl (C=O) groups excluding carboxylic acids is 1. The van der Waals surface area contributed by atoms with Crippen LogP contribution in [0.25, 0.3) is 0 Å². The van der Waals surface area contributed by atoms with E-state index in [1.54, 1.807) is 0 Å². The fourth-order valence-electron chi connectivity index (χ4n) is 0.684. The molecule has 1 N–H and O–H groups in total. The zero-order chi connectivity index (χ0) is 10.6. The van der Waals surface area contributed by atoms with E-state index in [1.165, 1.54) is 28.1 Å². The Morgan fingerprint density at radius 1 is 1.38 bits per heavy atom. The van der Waals surface area contributed by atoms with Gasteiger partial charge in [0.1, 0.15) is 6.04 Å².